The largest absolute Gasteiger partial charge is 0.351 e. The molecule has 17 heavy (non-hydrogen) atoms. The fourth-order valence-electron chi connectivity index (χ4n) is 1.48. The number of hydrogen-bond donors (Lipinski definition) is 1. The lowest BCUT2D eigenvalue weighted by molar-refractivity contribution is 0.0936. The number of rotatable bonds is 5. The summed E-state index contributed by atoms with van der Waals surface area (Å²) in [7, 11) is 3.88. The van der Waals surface area contributed by atoms with Crippen molar-refractivity contribution >= 4 is 11.7 Å². The number of hydrogen-bond acceptors (Lipinski definition) is 3. The molecule has 4 heteroatoms. The molecule has 1 amide bonds. The third kappa shape index (κ3) is 4.00. The number of nitrogens with one attached hydrogen (secondary N) is 1. The molecule has 0 radical (unpaired) electrons. The van der Waals surface area contributed by atoms with Crippen LogP contribution >= 0.6 is 0 Å². The fourth-order valence-corrected chi connectivity index (χ4v) is 1.48. The minimum atomic E-state index is -0.197. The van der Waals surface area contributed by atoms with Crippen LogP contribution in [0.3, 0.4) is 0 Å². The van der Waals surface area contributed by atoms with Gasteiger partial charge in [0.05, 0.1) is 5.56 Å². The van der Waals surface area contributed by atoms with E-state index >= 15 is 0 Å². The van der Waals surface area contributed by atoms with Crippen LogP contribution in [0.4, 0.5) is 0 Å². The lowest BCUT2D eigenvalue weighted by Crippen LogP contribution is -2.32. The zero-order chi connectivity index (χ0) is 12.8. The predicted octanol–water partition coefficient (Wildman–Crippen LogP) is 1.43. The number of Topliss-reactive ketones (excluding diaryl/α,β-unsaturated/α-hetero) is 1. The van der Waals surface area contributed by atoms with E-state index in [2.05, 4.69) is 5.32 Å². The summed E-state index contributed by atoms with van der Waals surface area (Å²) in [6.07, 6.45) is 0. The number of carbonyl (C=O) groups excluding carboxylic acids is 2. The van der Waals surface area contributed by atoms with Gasteiger partial charge in [-0.05, 0) is 27.1 Å². The second kappa shape index (κ2) is 6.15. The van der Waals surface area contributed by atoms with E-state index in [1.54, 1.807) is 24.3 Å². The van der Waals surface area contributed by atoms with Crippen LogP contribution in [-0.2, 0) is 0 Å². The van der Waals surface area contributed by atoms with Crippen LogP contribution < -0.4 is 5.32 Å². The maximum Gasteiger partial charge on any atom is 0.252 e. The van der Waals surface area contributed by atoms with Gasteiger partial charge in [-0.15, -0.1) is 0 Å². The summed E-state index contributed by atoms with van der Waals surface area (Å²) in [5.74, 6) is -0.291. The summed E-state index contributed by atoms with van der Waals surface area (Å²) in [6, 6.07) is 6.85. The normalized spacial score (nSPS) is 10.4. The lowest BCUT2D eigenvalue weighted by atomic mass is 10.0. The molecule has 0 aliphatic carbocycles. The highest BCUT2D eigenvalue weighted by Gasteiger charge is 2.12. The lowest BCUT2D eigenvalue weighted by Gasteiger charge is -2.11. The van der Waals surface area contributed by atoms with Gasteiger partial charge in [-0.3, -0.25) is 9.59 Å². The second-order valence-corrected chi connectivity index (χ2v) is 4.16. The minimum absolute atomic E-state index is 0. The summed E-state index contributed by atoms with van der Waals surface area (Å²) >= 11 is 0. The predicted molar refractivity (Wildman–Crippen MR) is 69.4 cm³/mol. The Bertz CT molecular complexity index is 419. The van der Waals surface area contributed by atoms with E-state index in [1.165, 1.54) is 6.92 Å². The Morgan fingerprint density at radius 3 is 2.35 bits per heavy atom. The van der Waals surface area contributed by atoms with E-state index in [1.807, 2.05) is 19.0 Å². The van der Waals surface area contributed by atoms with Crippen molar-refractivity contribution < 1.29 is 11.0 Å². The second-order valence-electron chi connectivity index (χ2n) is 4.16. The van der Waals surface area contributed by atoms with E-state index in [0.717, 1.165) is 6.54 Å². The number of amides is 1. The third-order valence-electron chi connectivity index (χ3n) is 2.40. The van der Waals surface area contributed by atoms with Gasteiger partial charge in [0.15, 0.2) is 5.78 Å². The molecule has 0 aliphatic heterocycles. The zero-order valence-corrected chi connectivity index (χ0v) is 10.5. The summed E-state index contributed by atoms with van der Waals surface area (Å²) in [5.41, 5.74) is 0.911. The molecule has 1 aromatic carbocycles. The molecular formula is C13H20N2O2. The van der Waals surface area contributed by atoms with Crippen LogP contribution in [0.1, 0.15) is 29.1 Å². The van der Waals surface area contributed by atoms with Gasteiger partial charge < -0.3 is 10.2 Å². The molecule has 1 rings (SSSR count). The summed E-state index contributed by atoms with van der Waals surface area (Å²) in [4.78, 5) is 25.2. The van der Waals surface area contributed by atoms with E-state index in [9.17, 15) is 9.59 Å². The van der Waals surface area contributed by atoms with Crippen LogP contribution in [0.2, 0.25) is 0 Å². The highest BCUT2D eigenvalue weighted by Crippen LogP contribution is 2.09. The van der Waals surface area contributed by atoms with Crippen molar-refractivity contribution in [3.63, 3.8) is 0 Å². The zero-order valence-electron chi connectivity index (χ0n) is 10.5. The first-order valence-corrected chi connectivity index (χ1v) is 5.55. The highest BCUT2D eigenvalue weighted by atomic mass is 16.2. The minimum Gasteiger partial charge on any atom is -0.351 e. The highest BCUT2D eigenvalue weighted by molar-refractivity contribution is 6.07. The first-order valence-electron chi connectivity index (χ1n) is 5.55. The number of ketones is 1. The summed E-state index contributed by atoms with van der Waals surface area (Å²) in [6.45, 7) is 2.80. The molecule has 0 saturated heterocycles. The maximum absolute atomic E-state index is 11.9. The van der Waals surface area contributed by atoms with E-state index in [-0.39, 0.29) is 13.1 Å². The molecule has 0 aliphatic rings. The van der Waals surface area contributed by atoms with Crippen molar-refractivity contribution in [1.82, 2.24) is 10.2 Å². The Balaban J connectivity index is 0.00000289. The first-order chi connectivity index (χ1) is 8.02. The van der Waals surface area contributed by atoms with Crippen LogP contribution in [0.5, 0.6) is 0 Å². The topological polar surface area (TPSA) is 49.4 Å². The van der Waals surface area contributed by atoms with Crippen LogP contribution in [0.15, 0.2) is 24.3 Å². The summed E-state index contributed by atoms with van der Waals surface area (Å²) in [5, 5.41) is 2.79. The van der Waals surface area contributed by atoms with Gasteiger partial charge in [-0.1, -0.05) is 18.2 Å². The molecule has 0 heterocycles. The van der Waals surface area contributed by atoms with Crippen molar-refractivity contribution in [3.8, 4) is 0 Å². The standard InChI is InChI=1S/C13H18N2O2.H2/c1-10(16)11-6-4-5-7-12(11)13(17)14-8-9-15(2)3;/h4-7H,8-9H2,1-3H3,(H,14,17);1H. The number of nitrogens with zero attached hydrogens (tertiary/aromatic N) is 1. The molecule has 0 fully saturated rings. The molecule has 1 N–H and O–H groups in total. The van der Waals surface area contributed by atoms with Gasteiger partial charge in [0.2, 0.25) is 0 Å². The number of benzene rings is 1. The van der Waals surface area contributed by atoms with Crippen molar-refractivity contribution in [1.29, 1.82) is 0 Å². The van der Waals surface area contributed by atoms with Gasteiger partial charge in [-0.2, -0.15) is 0 Å². The fraction of sp³-hybridized carbons (Fsp3) is 0.385. The van der Waals surface area contributed by atoms with Gasteiger partial charge >= 0.3 is 0 Å². The van der Waals surface area contributed by atoms with Gasteiger partial charge in [-0.25, -0.2) is 0 Å². The first kappa shape index (κ1) is 13.4. The molecule has 0 aromatic heterocycles. The molecule has 0 unspecified atom stereocenters. The van der Waals surface area contributed by atoms with E-state index in [0.29, 0.717) is 17.7 Å². The van der Waals surface area contributed by atoms with Crippen LogP contribution in [0.25, 0.3) is 0 Å². The Labute approximate surface area is 103 Å². The SMILES string of the molecule is CC(=O)c1ccccc1C(=O)NCCN(C)C.[HH]. The monoisotopic (exact) mass is 236 g/mol. The Morgan fingerprint density at radius 1 is 1.24 bits per heavy atom. The molecule has 94 valence electrons. The molecule has 4 nitrogen and oxygen atoms in total. The molecule has 0 saturated carbocycles. The van der Waals surface area contributed by atoms with Crippen LogP contribution in [-0.4, -0.2) is 43.8 Å². The van der Waals surface area contributed by atoms with Gasteiger partial charge in [0.25, 0.3) is 5.91 Å². The molecule has 0 bridgehead atoms. The number of carbonyl (C=O) groups is 2. The molecule has 0 atom stereocenters. The van der Waals surface area contributed by atoms with Gasteiger partial charge in [0.1, 0.15) is 0 Å². The molecule has 0 spiro atoms. The van der Waals surface area contributed by atoms with Crippen molar-refractivity contribution in [2.45, 2.75) is 6.92 Å². The Hall–Kier alpha value is -1.68. The average Bonchev–Trinajstić information content (AvgIpc) is 2.28. The Morgan fingerprint density at radius 2 is 1.82 bits per heavy atom. The molecule has 1 aromatic rings. The number of likely N-dealkylation sites (N-methyl/N-ethyl adjacent to an activating group) is 1. The van der Waals surface area contributed by atoms with E-state index in [4.69, 9.17) is 0 Å². The molecular weight excluding hydrogens is 216 g/mol. The van der Waals surface area contributed by atoms with Crippen molar-refractivity contribution in [2.24, 2.45) is 0 Å². The van der Waals surface area contributed by atoms with Crippen LogP contribution in [0, 0.1) is 0 Å². The summed E-state index contributed by atoms with van der Waals surface area (Å²) < 4.78 is 0. The third-order valence-corrected chi connectivity index (χ3v) is 2.40. The van der Waals surface area contributed by atoms with Crippen molar-refractivity contribution in [3.05, 3.63) is 35.4 Å². The smallest absolute Gasteiger partial charge is 0.252 e. The van der Waals surface area contributed by atoms with E-state index < -0.39 is 0 Å². The van der Waals surface area contributed by atoms with Gasteiger partial charge in [0, 0.05) is 20.1 Å². The quantitative estimate of drug-likeness (QED) is 0.787. The van der Waals surface area contributed by atoms with Crippen molar-refractivity contribution in [2.75, 3.05) is 27.2 Å². The Kier molecular flexibility index (Phi) is 4.84. The average molecular weight is 236 g/mol. The maximum atomic E-state index is 11.9.